The van der Waals surface area contributed by atoms with Gasteiger partial charge in [-0.05, 0) is 54.3 Å². The number of nitrogens with zero attached hydrogens (tertiary/aromatic N) is 4. The maximum Gasteiger partial charge on any atom is 0.253 e. The lowest BCUT2D eigenvalue weighted by atomic mass is 10.1. The van der Waals surface area contributed by atoms with Crippen LogP contribution in [-0.2, 0) is 13.2 Å². The van der Waals surface area contributed by atoms with Crippen LogP contribution in [0.2, 0.25) is 0 Å². The fourth-order valence-electron chi connectivity index (χ4n) is 4.04. The molecule has 1 saturated heterocycles. The third-order valence-electron chi connectivity index (χ3n) is 5.83. The number of aromatic nitrogens is 2. The Morgan fingerprint density at radius 3 is 2.59 bits per heavy atom. The number of hydrogen-bond acceptors (Lipinski definition) is 5. The van der Waals surface area contributed by atoms with E-state index in [-0.39, 0.29) is 5.91 Å². The Balaban J connectivity index is 1.14. The zero-order valence-corrected chi connectivity index (χ0v) is 18.9. The van der Waals surface area contributed by atoms with Gasteiger partial charge >= 0.3 is 0 Å². The highest BCUT2D eigenvalue weighted by Gasteiger charge is 2.22. The van der Waals surface area contributed by atoms with E-state index in [1.807, 2.05) is 65.0 Å². The molecule has 0 spiro atoms. The van der Waals surface area contributed by atoms with Crippen molar-refractivity contribution >= 4 is 22.9 Å². The lowest BCUT2D eigenvalue weighted by molar-refractivity contribution is 0.0629. The molecule has 0 bridgehead atoms. The monoisotopic (exact) mass is 446 g/mol. The molecular formula is C25H26N4O2S. The first-order valence-corrected chi connectivity index (χ1v) is 11.7. The number of piperazine rings is 1. The van der Waals surface area contributed by atoms with Gasteiger partial charge in [0.1, 0.15) is 18.0 Å². The first-order valence-electron chi connectivity index (χ1n) is 10.9. The second-order valence-electron chi connectivity index (χ2n) is 8.12. The molecule has 0 atom stereocenters. The van der Waals surface area contributed by atoms with Gasteiger partial charge in [0, 0.05) is 55.6 Å². The van der Waals surface area contributed by atoms with E-state index in [0.29, 0.717) is 12.2 Å². The van der Waals surface area contributed by atoms with Gasteiger partial charge in [-0.3, -0.25) is 9.69 Å². The van der Waals surface area contributed by atoms with E-state index in [0.717, 1.165) is 55.4 Å². The Morgan fingerprint density at radius 2 is 1.88 bits per heavy atom. The zero-order chi connectivity index (χ0) is 21.9. The third-order valence-corrected chi connectivity index (χ3v) is 6.70. The minimum absolute atomic E-state index is 0.0862. The smallest absolute Gasteiger partial charge is 0.253 e. The summed E-state index contributed by atoms with van der Waals surface area (Å²) in [4.78, 5) is 23.3. The second-order valence-corrected chi connectivity index (χ2v) is 9.15. The van der Waals surface area contributed by atoms with Crippen molar-refractivity contribution in [2.24, 2.45) is 0 Å². The Hall–Kier alpha value is -3.16. The highest BCUT2D eigenvalue weighted by molar-refractivity contribution is 7.09. The fraction of sp³-hybridized carbons (Fsp3) is 0.280. The van der Waals surface area contributed by atoms with Crippen molar-refractivity contribution in [3.05, 3.63) is 88.0 Å². The number of thiophene rings is 1. The van der Waals surface area contributed by atoms with E-state index >= 15 is 0 Å². The maximum atomic E-state index is 12.9. The van der Waals surface area contributed by atoms with Crippen LogP contribution in [0.3, 0.4) is 0 Å². The summed E-state index contributed by atoms with van der Waals surface area (Å²) >= 11 is 1.79. The van der Waals surface area contributed by atoms with E-state index in [1.165, 1.54) is 4.88 Å². The number of pyridine rings is 1. The number of hydrogen-bond donors (Lipinski definition) is 0. The highest BCUT2D eigenvalue weighted by atomic mass is 32.1. The lowest BCUT2D eigenvalue weighted by Gasteiger charge is -2.34. The average Bonchev–Trinajstić information content (AvgIpc) is 3.48. The van der Waals surface area contributed by atoms with Crippen molar-refractivity contribution < 1.29 is 9.53 Å². The van der Waals surface area contributed by atoms with Gasteiger partial charge in [-0.2, -0.15) is 0 Å². The van der Waals surface area contributed by atoms with Gasteiger partial charge in [0.25, 0.3) is 5.91 Å². The van der Waals surface area contributed by atoms with Crippen molar-refractivity contribution in [2.75, 3.05) is 26.2 Å². The van der Waals surface area contributed by atoms with Gasteiger partial charge in [0.2, 0.25) is 0 Å². The third kappa shape index (κ3) is 4.54. The number of amides is 1. The molecule has 32 heavy (non-hydrogen) atoms. The number of carbonyl (C=O) groups excluding carboxylic acids is 1. The molecule has 164 valence electrons. The van der Waals surface area contributed by atoms with E-state index in [4.69, 9.17) is 4.74 Å². The molecule has 1 aliphatic rings. The molecule has 0 radical (unpaired) electrons. The molecule has 5 rings (SSSR count). The Kier molecular flexibility index (Phi) is 5.92. The van der Waals surface area contributed by atoms with Crippen LogP contribution in [0.15, 0.2) is 66.3 Å². The molecule has 4 aromatic rings. The van der Waals surface area contributed by atoms with E-state index in [9.17, 15) is 4.79 Å². The average molecular weight is 447 g/mol. The van der Waals surface area contributed by atoms with Crippen LogP contribution in [0.4, 0.5) is 0 Å². The number of carbonyl (C=O) groups is 1. The van der Waals surface area contributed by atoms with Gasteiger partial charge in [0.15, 0.2) is 0 Å². The number of fused-ring (bicyclic) bond motifs is 1. The number of rotatable bonds is 6. The number of aryl methyl sites for hydroxylation is 1. The molecular weight excluding hydrogens is 420 g/mol. The van der Waals surface area contributed by atoms with E-state index in [2.05, 4.69) is 27.4 Å². The summed E-state index contributed by atoms with van der Waals surface area (Å²) in [6.45, 7) is 6.74. The van der Waals surface area contributed by atoms with Crippen molar-refractivity contribution in [3.63, 3.8) is 0 Å². The quantitative estimate of drug-likeness (QED) is 0.445. The summed E-state index contributed by atoms with van der Waals surface area (Å²) in [6.07, 6.45) is 3.97. The van der Waals surface area contributed by atoms with E-state index < -0.39 is 0 Å². The normalized spacial score (nSPS) is 14.7. The summed E-state index contributed by atoms with van der Waals surface area (Å²) in [5.74, 6) is 0.819. The Bertz CT molecular complexity index is 1190. The van der Waals surface area contributed by atoms with Crippen LogP contribution in [0.5, 0.6) is 5.75 Å². The largest absolute Gasteiger partial charge is 0.487 e. The van der Waals surface area contributed by atoms with Crippen molar-refractivity contribution in [2.45, 2.75) is 20.1 Å². The summed E-state index contributed by atoms with van der Waals surface area (Å²) in [7, 11) is 0. The standard InChI is InChI=1S/C25H26N4O2S/c1-19-4-2-10-29-16-21(26-24(19)29)18-31-22-8-6-20(7-9-22)25(30)28-13-11-27(12-14-28)17-23-5-3-15-32-23/h2-10,15-16H,11-14,17-18H2,1H3. The minimum Gasteiger partial charge on any atom is -0.487 e. The number of imidazole rings is 1. The van der Waals surface area contributed by atoms with Crippen molar-refractivity contribution in [3.8, 4) is 5.75 Å². The summed E-state index contributed by atoms with van der Waals surface area (Å²) in [5.41, 5.74) is 3.66. The van der Waals surface area contributed by atoms with Crippen LogP contribution in [0, 0.1) is 6.92 Å². The first kappa shape index (κ1) is 20.7. The molecule has 1 amide bonds. The molecule has 0 unspecified atom stereocenters. The van der Waals surface area contributed by atoms with Gasteiger partial charge in [-0.25, -0.2) is 4.98 Å². The topological polar surface area (TPSA) is 50.1 Å². The van der Waals surface area contributed by atoms with Crippen LogP contribution in [0.1, 0.15) is 26.5 Å². The van der Waals surface area contributed by atoms with Crippen LogP contribution >= 0.6 is 11.3 Å². The molecule has 0 aliphatic carbocycles. The maximum absolute atomic E-state index is 12.9. The molecule has 6 nitrogen and oxygen atoms in total. The van der Waals surface area contributed by atoms with Gasteiger partial charge in [-0.15, -0.1) is 11.3 Å². The molecule has 4 heterocycles. The molecule has 1 aliphatic heterocycles. The van der Waals surface area contributed by atoms with Crippen LogP contribution < -0.4 is 4.74 Å². The summed E-state index contributed by atoms with van der Waals surface area (Å²) < 4.78 is 7.91. The molecule has 3 aromatic heterocycles. The summed E-state index contributed by atoms with van der Waals surface area (Å²) in [6, 6.07) is 15.7. The predicted octanol–water partition coefficient (Wildman–Crippen LogP) is 4.24. The second kappa shape index (κ2) is 9.14. The zero-order valence-electron chi connectivity index (χ0n) is 18.1. The van der Waals surface area contributed by atoms with Crippen LogP contribution in [-0.4, -0.2) is 51.3 Å². The Morgan fingerprint density at radius 1 is 1.06 bits per heavy atom. The van der Waals surface area contributed by atoms with Gasteiger partial charge in [0.05, 0.1) is 5.69 Å². The van der Waals surface area contributed by atoms with E-state index in [1.54, 1.807) is 11.3 Å². The summed E-state index contributed by atoms with van der Waals surface area (Å²) in [5, 5.41) is 2.11. The predicted molar refractivity (Wildman–Crippen MR) is 126 cm³/mol. The molecule has 1 fully saturated rings. The number of ether oxygens (including phenoxy) is 1. The SMILES string of the molecule is Cc1cccn2cc(COc3ccc(C(=O)N4CCN(Cc5cccs5)CC4)cc3)nc12. The van der Waals surface area contributed by atoms with Crippen molar-refractivity contribution in [1.29, 1.82) is 0 Å². The molecule has 7 heteroatoms. The molecule has 0 N–H and O–H groups in total. The highest BCUT2D eigenvalue weighted by Crippen LogP contribution is 2.18. The van der Waals surface area contributed by atoms with Crippen molar-refractivity contribution in [1.82, 2.24) is 19.2 Å². The van der Waals surface area contributed by atoms with Crippen LogP contribution in [0.25, 0.3) is 5.65 Å². The lowest BCUT2D eigenvalue weighted by Crippen LogP contribution is -2.48. The minimum atomic E-state index is 0.0862. The fourth-order valence-corrected chi connectivity index (χ4v) is 4.79. The van der Waals surface area contributed by atoms with Gasteiger partial charge < -0.3 is 14.0 Å². The molecule has 0 saturated carbocycles. The Labute approximate surface area is 191 Å². The molecule has 1 aromatic carbocycles. The van der Waals surface area contributed by atoms with Gasteiger partial charge in [-0.1, -0.05) is 12.1 Å². The first-order chi connectivity index (χ1) is 15.7. The number of benzene rings is 1.